The lowest BCUT2D eigenvalue weighted by Crippen LogP contribution is -2.40. The van der Waals surface area contributed by atoms with Gasteiger partial charge in [0.1, 0.15) is 5.82 Å². The van der Waals surface area contributed by atoms with Crippen LogP contribution >= 0.6 is 0 Å². The predicted octanol–water partition coefficient (Wildman–Crippen LogP) is 3.12. The van der Waals surface area contributed by atoms with E-state index in [1.54, 1.807) is 36.4 Å². The maximum Gasteiger partial charge on any atom is 0.416 e. The van der Waals surface area contributed by atoms with Gasteiger partial charge in [0, 0.05) is 55.4 Å². The fourth-order valence-electron chi connectivity index (χ4n) is 3.66. The number of nitrogen functional groups attached to an aromatic ring is 1. The van der Waals surface area contributed by atoms with E-state index in [2.05, 4.69) is 20.7 Å². The maximum absolute atomic E-state index is 12.8. The summed E-state index contributed by atoms with van der Waals surface area (Å²) in [6, 6.07) is 5.06. The molecular formula is C22H22F3N7O2. The number of rotatable bonds is 4. The van der Waals surface area contributed by atoms with Gasteiger partial charge in [-0.1, -0.05) is 0 Å². The summed E-state index contributed by atoms with van der Waals surface area (Å²) in [6.07, 6.45) is 1.07. The van der Waals surface area contributed by atoms with Gasteiger partial charge >= 0.3 is 12.2 Å². The molecule has 4 N–H and O–H groups in total. The third-order valence-electron chi connectivity index (χ3n) is 5.48. The molecule has 2 aromatic heterocycles. The number of aromatic nitrogens is 3. The Bertz CT molecular complexity index is 1210. The van der Waals surface area contributed by atoms with Gasteiger partial charge in [0.15, 0.2) is 0 Å². The molecule has 178 valence electrons. The first-order valence-corrected chi connectivity index (χ1v) is 10.4. The Morgan fingerprint density at radius 3 is 2.53 bits per heavy atom. The van der Waals surface area contributed by atoms with Crippen LogP contribution in [0.5, 0.6) is 0 Å². The number of nitrogens with one attached hydrogen (secondary N) is 2. The minimum atomic E-state index is -4.45. The van der Waals surface area contributed by atoms with Crippen molar-refractivity contribution in [2.24, 2.45) is 7.05 Å². The number of pyridine rings is 1. The zero-order valence-electron chi connectivity index (χ0n) is 18.1. The van der Waals surface area contributed by atoms with Crippen LogP contribution in [0, 0.1) is 0 Å². The number of halogens is 3. The van der Waals surface area contributed by atoms with Gasteiger partial charge in [-0.25, -0.2) is 9.78 Å². The number of nitrogens with two attached hydrogens (primary N) is 1. The van der Waals surface area contributed by atoms with Gasteiger partial charge in [0.25, 0.3) is 5.91 Å². The van der Waals surface area contributed by atoms with E-state index in [0.29, 0.717) is 18.5 Å². The first-order valence-electron chi connectivity index (χ1n) is 10.4. The summed E-state index contributed by atoms with van der Waals surface area (Å²) >= 11 is 0. The molecule has 3 amide bonds. The van der Waals surface area contributed by atoms with Crippen molar-refractivity contribution in [2.75, 3.05) is 24.1 Å². The summed E-state index contributed by atoms with van der Waals surface area (Å²) < 4.78 is 39.7. The molecule has 3 aromatic rings. The highest BCUT2D eigenvalue weighted by atomic mass is 19.4. The molecule has 0 saturated carbocycles. The van der Waals surface area contributed by atoms with Crippen molar-refractivity contribution in [1.29, 1.82) is 0 Å². The van der Waals surface area contributed by atoms with Crippen LogP contribution in [0.2, 0.25) is 0 Å². The van der Waals surface area contributed by atoms with Crippen molar-refractivity contribution in [3.05, 3.63) is 60.0 Å². The number of hydrogen-bond donors (Lipinski definition) is 3. The quantitative estimate of drug-likeness (QED) is 0.538. The van der Waals surface area contributed by atoms with E-state index in [-0.39, 0.29) is 29.7 Å². The van der Waals surface area contributed by atoms with Crippen molar-refractivity contribution >= 4 is 23.4 Å². The molecule has 0 radical (unpaired) electrons. The standard InChI is InChI=1S/C22H22F3N7O2/c1-31-11-14(10-28-31)13-8-18(19(26)27-9-13)20(33)29-17-6-7-32(12-17)21(34)30-16-4-2-15(3-5-16)22(23,24)25/h2-5,8-11,17H,6-7,12H2,1H3,(H2,26,27)(H,29,33)(H,30,34)/t17-/m1/s1. The molecule has 34 heavy (non-hydrogen) atoms. The van der Waals surface area contributed by atoms with Crippen molar-refractivity contribution in [3.8, 4) is 11.1 Å². The number of alkyl halides is 3. The van der Waals surface area contributed by atoms with E-state index >= 15 is 0 Å². The molecule has 12 heteroatoms. The van der Waals surface area contributed by atoms with Gasteiger partial charge in [-0.05, 0) is 36.8 Å². The highest BCUT2D eigenvalue weighted by Crippen LogP contribution is 2.30. The van der Waals surface area contributed by atoms with Crippen LogP contribution in [-0.4, -0.2) is 50.7 Å². The summed E-state index contributed by atoms with van der Waals surface area (Å²) in [5.41, 5.74) is 7.06. The van der Waals surface area contributed by atoms with Gasteiger partial charge in [-0.15, -0.1) is 0 Å². The molecule has 1 saturated heterocycles. The van der Waals surface area contributed by atoms with Crippen LogP contribution in [0.15, 0.2) is 48.9 Å². The molecule has 1 aliphatic heterocycles. The number of amides is 3. The van der Waals surface area contributed by atoms with E-state index < -0.39 is 23.7 Å². The van der Waals surface area contributed by atoms with Crippen LogP contribution in [0.1, 0.15) is 22.3 Å². The third kappa shape index (κ3) is 5.11. The van der Waals surface area contributed by atoms with Crippen LogP contribution in [0.25, 0.3) is 11.1 Å². The molecule has 0 bridgehead atoms. The van der Waals surface area contributed by atoms with Crippen LogP contribution < -0.4 is 16.4 Å². The number of nitrogens with zero attached hydrogens (tertiary/aromatic N) is 4. The predicted molar refractivity (Wildman–Crippen MR) is 119 cm³/mol. The number of hydrogen-bond acceptors (Lipinski definition) is 5. The normalized spacial score (nSPS) is 15.9. The second-order valence-corrected chi connectivity index (χ2v) is 7.97. The van der Waals surface area contributed by atoms with Crippen LogP contribution in [-0.2, 0) is 13.2 Å². The van der Waals surface area contributed by atoms with Crippen molar-refractivity contribution in [1.82, 2.24) is 25.0 Å². The summed E-state index contributed by atoms with van der Waals surface area (Å²) in [5.74, 6) is -0.328. The molecular weight excluding hydrogens is 451 g/mol. The number of carbonyl (C=O) groups is 2. The molecule has 1 aromatic carbocycles. The fourth-order valence-corrected chi connectivity index (χ4v) is 3.66. The second-order valence-electron chi connectivity index (χ2n) is 7.97. The number of benzene rings is 1. The lowest BCUT2D eigenvalue weighted by atomic mass is 10.1. The second kappa shape index (κ2) is 9.04. The van der Waals surface area contributed by atoms with E-state index in [1.165, 1.54) is 17.0 Å². The van der Waals surface area contributed by atoms with E-state index in [9.17, 15) is 22.8 Å². The average Bonchev–Trinajstić information content (AvgIpc) is 3.43. The van der Waals surface area contributed by atoms with Crippen LogP contribution in [0.4, 0.5) is 29.5 Å². The maximum atomic E-state index is 12.8. The highest BCUT2D eigenvalue weighted by Gasteiger charge is 2.31. The Morgan fingerprint density at radius 2 is 1.88 bits per heavy atom. The van der Waals surface area contributed by atoms with Gasteiger partial charge in [0.2, 0.25) is 0 Å². The molecule has 3 heterocycles. The SMILES string of the molecule is Cn1cc(-c2cnc(N)c(C(=O)N[C@@H]3CCN(C(=O)Nc4ccc(C(F)(F)F)cc4)C3)c2)cn1. The fraction of sp³-hybridized carbons (Fsp3) is 0.273. The van der Waals surface area contributed by atoms with Crippen molar-refractivity contribution < 1.29 is 22.8 Å². The van der Waals surface area contributed by atoms with E-state index in [4.69, 9.17) is 5.73 Å². The van der Waals surface area contributed by atoms with Gasteiger partial charge < -0.3 is 21.3 Å². The topological polar surface area (TPSA) is 118 Å². The summed E-state index contributed by atoms with van der Waals surface area (Å²) in [6.45, 7) is 0.620. The zero-order valence-corrected chi connectivity index (χ0v) is 18.1. The minimum Gasteiger partial charge on any atom is -0.383 e. The molecule has 0 unspecified atom stereocenters. The Labute approximate surface area is 192 Å². The average molecular weight is 473 g/mol. The van der Waals surface area contributed by atoms with Crippen molar-refractivity contribution in [3.63, 3.8) is 0 Å². The number of carbonyl (C=O) groups excluding carboxylic acids is 2. The van der Waals surface area contributed by atoms with E-state index in [1.807, 2.05) is 0 Å². The number of urea groups is 1. The minimum absolute atomic E-state index is 0.0834. The molecule has 1 aliphatic rings. The summed E-state index contributed by atoms with van der Waals surface area (Å²) in [4.78, 5) is 30.9. The lowest BCUT2D eigenvalue weighted by Gasteiger charge is -2.18. The van der Waals surface area contributed by atoms with E-state index in [0.717, 1.165) is 17.7 Å². The summed E-state index contributed by atoms with van der Waals surface area (Å²) in [5, 5.41) is 9.55. The first-order chi connectivity index (χ1) is 16.1. The van der Waals surface area contributed by atoms with Crippen LogP contribution in [0.3, 0.4) is 0 Å². The highest BCUT2D eigenvalue weighted by molar-refractivity contribution is 5.99. The smallest absolute Gasteiger partial charge is 0.383 e. The number of likely N-dealkylation sites (tertiary alicyclic amines) is 1. The molecule has 1 fully saturated rings. The third-order valence-corrected chi connectivity index (χ3v) is 5.48. The molecule has 1 atom stereocenters. The number of aryl methyl sites for hydroxylation is 1. The first kappa shape index (κ1) is 23.1. The van der Waals surface area contributed by atoms with Gasteiger partial charge in [-0.3, -0.25) is 9.48 Å². The van der Waals surface area contributed by atoms with Gasteiger partial charge in [0.05, 0.1) is 17.3 Å². The largest absolute Gasteiger partial charge is 0.416 e. The Morgan fingerprint density at radius 1 is 1.15 bits per heavy atom. The molecule has 0 aliphatic carbocycles. The number of anilines is 2. The molecule has 0 spiro atoms. The van der Waals surface area contributed by atoms with Crippen molar-refractivity contribution in [2.45, 2.75) is 18.6 Å². The Kier molecular flexibility index (Phi) is 6.14. The molecule has 9 nitrogen and oxygen atoms in total. The monoisotopic (exact) mass is 473 g/mol. The zero-order chi connectivity index (χ0) is 24.5. The molecule has 4 rings (SSSR count). The summed E-state index contributed by atoms with van der Waals surface area (Å²) in [7, 11) is 1.78. The van der Waals surface area contributed by atoms with Gasteiger partial charge in [-0.2, -0.15) is 18.3 Å². The lowest BCUT2D eigenvalue weighted by molar-refractivity contribution is -0.137. The Hall–Kier alpha value is -4.09. The Balaban J connectivity index is 1.36.